The highest BCUT2D eigenvalue weighted by atomic mass is 16.5. The second-order valence-corrected chi connectivity index (χ2v) is 4.93. The maximum Gasteiger partial charge on any atom is 0.256 e. The predicted octanol–water partition coefficient (Wildman–Crippen LogP) is 2.29. The van der Waals surface area contributed by atoms with Gasteiger partial charge >= 0.3 is 0 Å². The van der Waals surface area contributed by atoms with Gasteiger partial charge < -0.3 is 15.0 Å². The van der Waals surface area contributed by atoms with Crippen molar-refractivity contribution in [3.05, 3.63) is 29.3 Å². The van der Waals surface area contributed by atoms with Crippen LogP contribution in [0.25, 0.3) is 0 Å². The molecule has 1 atom stereocenters. The Hall–Kier alpha value is -1.55. The van der Waals surface area contributed by atoms with Crippen molar-refractivity contribution in [3.63, 3.8) is 0 Å². The number of rotatable bonds is 3. The molecule has 19 heavy (non-hydrogen) atoms. The number of nitrogens with one attached hydrogen (secondary N) is 1. The first kappa shape index (κ1) is 13.9. The van der Waals surface area contributed by atoms with Gasteiger partial charge in [0.05, 0.1) is 24.8 Å². The van der Waals surface area contributed by atoms with Crippen molar-refractivity contribution in [2.75, 3.05) is 32.1 Å². The molecule has 2 rings (SSSR count). The van der Waals surface area contributed by atoms with Gasteiger partial charge in [-0.05, 0) is 25.5 Å². The van der Waals surface area contributed by atoms with Gasteiger partial charge in [0, 0.05) is 19.3 Å². The Labute approximate surface area is 114 Å². The Kier molecular flexibility index (Phi) is 4.43. The molecule has 0 spiro atoms. The van der Waals surface area contributed by atoms with E-state index >= 15 is 0 Å². The number of nitrogens with zero attached hydrogens (tertiary/aromatic N) is 1. The fraction of sp³-hybridized carbons (Fsp3) is 0.533. The number of hydrogen-bond acceptors (Lipinski definition) is 3. The average molecular weight is 262 g/mol. The number of ether oxygens (including phenoxy) is 1. The van der Waals surface area contributed by atoms with E-state index in [4.69, 9.17) is 4.74 Å². The molecule has 1 unspecified atom stereocenters. The van der Waals surface area contributed by atoms with Crippen LogP contribution in [0.4, 0.5) is 5.69 Å². The van der Waals surface area contributed by atoms with E-state index in [1.807, 2.05) is 37.1 Å². The Balaban J connectivity index is 2.29. The molecule has 1 aromatic carbocycles. The monoisotopic (exact) mass is 262 g/mol. The summed E-state index contributed by atoms with van der Waals surface area (Å²) in [7, 11) is 1.85. The molecule has 0 bridgehead atoms. The summed E-state index contributed by atoms with van der Waals surface area (Å²) < 4.78 is 5.46. The molecule has 1 amide bonds. The molecule has 1 aliphatic rings. The molecule has 0 aliphatic carbocycles. The van der Waals surface area contributed by atoms with Crippen molar-refractivity contribution in [2.24, 2.45) is 0 Å². The van der Waals surface area contributed by atoms with Gasteiger partial charge in [-0.1, -0.05) is 18.6 Å². The number of hydrogen-bond donors (Lipinski definition) is 1. The lowest BCUT2D eigenvalue weighted by Crippen LogP contribution is -2.48. The minimum absolute atomic E-state index is 0.100. The summed E-state index contributed by atoms with van der Waals surface area (Å²) in [5, 5.41) is 3.10. The van der Waals surface area contributed by atoms with Crippen LogP contribution < -0.4 is 5.32 Å². The Morgan fingerprint density at radius 1 is 1.53 bits per heavy atom. The molecule has 1 aliphatic heterocycles. The number of morpholine rings is 1. The van der Waals surface area contributed by atoms with E-state index < -0.39 is 0 Å². The molecule has 1 heterocycles. The number of carbonyl (C=O) groups excluding carboxylic acids is 1. The molecule has 0 saturated carbocycles. The first-order chi connectivity index (χ1) is 9.17. The van der Waals surface area contributed by atoms with Crippen LogP contribution in [0.15, 0.2) is 18.2 Å². The van der Waals surface area contributed by atoms with Gasteiger partial charge in [-0.25, -0.2) is 0 Å². The van der Waals surface area contributed by atoms with E-state index in [1.54, 1.807) is 0 Å². The number of anilines is 1. The van der Waals surface area contributed by atoms with Gasteiger partial charge in [0.1, 0.15) is 0 Å². The van der Waals surface area contributed by atoms with Gasteiger partial charge in [0.2, 0.25) is 0 Å². The van der Waals surface area contributed by atoms with Crippen molar-refractivity contribution in [2.45, 2.75) is 26.3 Å². The average Bonchev–Trinajstić information content (AvgIpc) is 2.46. The van der Waals surface area contributed by atoms with Gasteiger partial charge in [-0.3, -0.25) is 4.79 Å². The van der Waals surface area contributed by atoms with E-state index in [-0.39, 0.29) is 11.9 Å². The van der Waals surface area contributed by atoms with Gasteiger partial charge in [-0.15, -0.1) is 0 Å². The number of aryl methyl sites for hydroxylation is 1. The van der Waals surface area contributed by atoms with E-state index in [2.05, 4.69) is 12.2 Å². The lowest BCUT2D eigenvalue weighted by atomic mass is 10.1. The highest BCUT2D eigenvalue weighted by Crippen LogP contribution is 2.22. The zero-order chi connectivity index (χ0) is 13.8. The molecular formula is C15H22N2O2. The minimum Gasteiger partial charge on any atom is -0.387 e. The molecular weight excluding hydrogens is 240 g/mol. The van der Waals surface area contributed by atoms with E-state index in [9.17, 15) is 4.79 Å². The minimum atomic E-state index is 0.100. The van der Waals surface area contributed by atoms with Crippen molar-refractivity contribution in [3.8, 4) is 0 Å². The van der Waals surface area contributed by atoms with Crippen LogP contribution in [-0.4, -0.2) is 43.7 Å². The van der Waals surface area contributed by atoms with Crippen LogP contribution >= 0.6 is 0 Å². The molecule has 4 nitrogen and oxygen atoms in total. The fourth-order valence-corrected chi connectivity index (χ4v) is 2.47. The summed E-state index contributed by atoms with van der Waals surface area (Å²) in [5.41, 5.74) is 2.74. The molecule has 0 radical (unpaired) electrons. The predicted molar refractivity (Wildman–Crippen MR) is 76.7 cm³/mol. The SMILES string of the molecule is CCC1COCCN1C(=O)c1cc(C)ccc1NC. The Bertz CT molecular complexity index is 459. The zero-order valence-corrected chi connectivity index (χ0v) is 11.9. The van der Waals surface area contributed by atoms with Crippen LogP contribution in [0.3, 0.4) is 0 Å². The van der Waals surface area contributed by atoms with Gasteiger partial charge in [0.15, 0.2) is 0 Å². The van der Waals surface area contributed by atoms with Crippen molar-refractivity contribution >= 4 is 11.6 Å². The molecule has 4 heteroatoms. The van der Waals surface area contributed by atoms with Crippen molar-refractivity contribution in [1.29, 1.82) is 0 Å². The summed E-state index contributed by atoms with van der Waals surface area (Å²) in [5.74, 6) is 0.100. The maximum absolute atomic E-state index is 12.7. The first-order valence-electron chi connectivity index (χ1n) is 6.84. The summed E-state index contributed by atoms with van der Waals surface area (Å²) in [6, 6.07) is 6.12. The second kappa shape index (κ2) is 6.06. The second-order valence-electron chi connectivity index (χ2n) is 4.93. The standard InChI is InChI=1S/C15H22N2O2/c1-4-12-10-19-8-7-17(12)15(18)13-9-11(2)5-6-14(13)16-3/h5-6,9,12,16H,4,7-8,10H2,1-3H3. The largest absolute Gasteiger partial charge is 0.387 e. The molecule has 104 valence electrons. The van der Waals surface area contributed by atoms with Crippen molar-refractivity contribution in [1.82, 2.24) is 4.90 Å². The van der Waals surface area contributed by atoms with Crippen LogP contribution in [0.5, 0.6) is 0 Å². The topological polar surface area (TPSA) is 41.6 Å². The quantitative estimate of drug-likeness (QED) is 0.908. The molecule has 1 aromatic rings. The lowest BCUT2D eigenvalue weighted by molar-refractivity contribution is -0.00275. The van der Waals surface area contributed by atoms with Crippen LogP contribution in [0.1, 0.15) is 29.3 Å². The molecule has 1 N–H and O–H groups in total. The van der Waals surface area contributed by atoms with Crippen LogP contribution in [-0.2, 0) is 4.74 Å². The third-order valence-electron chi connectivity index (χ3n) is 3.63. The highest BCUT2D eigenvalue weighted by molar-refractivity contribution is 6.00. The van der Waals surface area contributed by atoms with E-state index in [0.29, 0.717) is 19.8 Å². The Morgan fingerprint density at radius 3 is 3.00 bits per heavy atom. The number of amides is 1. The summed E-state index contributed by atoms with van der Waals surface area (Å²) in [6.07, 6.45) is 0.923. The van der Waals surface area contributed by atoms with E-state index in [1.165, 1.54) is 0 Å². The number of benzene rings is 1. The Morgan fingerprint density at radius 2 is 2.32 bits per heavy atom. The summed E-state index contributed by atoms with van der Waals surface area (Å²) in [6.45, 7) is 6.04. The fourth-order valence-electron chi connectivity index (χ4n) is 2.47. The van der Waals surface area contributed by atoms with Crippen LogP contribution in [0.2, 0.25) is 0 Å². The van der Waals surface area contributed by atoms with Crippen LogP contribution in [0, 0.1) is 6.92 Å². The highest BCUT2D eigenvalue weighted by Gasteiger charge is 2.27. The van der Waals surface area contributed by atoms with Gasteiger partial charge in [-0.2, -0.15) is 0 Å². The molecule has 0 aromatic heterocycles. The van der Waals surface area contributed by atoms with Gasteiger partial charge in [0.25, 0.3) is 5.91 Å². The van der Waals surface area contributed by atoms with Crippen molar-refractivity contribution < 1.29 is 9.53 Å². The number of carbonyl (C=O) groups is 1. The smallest absolute Gasteiger partial charge is 0.256 e. The first-order valence-corrected chi connectivity index (χ1v) is 6.84. The lowest BCUT2D eigenvalue weighted by Gasteiger charge is -2.35. The molecule has 1 fully saturated rings. The van der Waals surface area contributed by atoms with E-state index in [0.717, 1.165) is 23.2 Å². The zero-order valence-electron chi connectivity index (χ0n) is 11.9. The summed E-state index contributed by atoms with van der Waals surface area (Å²) >= 11 is 0. The third-order valence-corrected chi connectivity index (χ3v) is 3.63. The third kappa shape index (κ3) is 2.89. The normalized spacial score (nSPS) is 19.3. The maximum atomic E-state index is 12.7. The summed E-state index contributed by atoms with van der Waals surface area (Å²) in [4.78, 5) is 14.7. The molecule has 1 saturated heterocycles.